The lowest BCUT2D eigenvalue weighted by molar-refractivity contribution is -0.140. The molecule has 11 heteroatoms. The monoisotopic (exact) mass is 481 g/mol. The van der Waals surface area contributed by atoms with Gasteiger partial charge in [-0.05, 0) is 44.2 Å². The molecule has 0 unspecified atom stereocenters. The first-order valence-corrected chi connectivity index (χ1v) is 11.6. The fourth-order valence-corrected chi connectivity index (χ4v) is 4.19. The van der Waals surface area contributed by atoms with Gasteiger partial charge >= 0.3 is 5.97 Å². The summed E-state index contributed by atoms with van der Waals surface area (Å²) in [6.45, 7) is 1.89. The van der Waals surface area contributed by atoms with Crippen molar-refractivity contribution >= 4 is 29.3 Å². The molecule has 0 aliphatic carbocycles. The molecule has 0 bridgehead atoms. The smallest absolute Gasteiger partial charge is 0.352 e. The van der Waals surface area contributed by atoms with Gasteiger partial charge in [0, 0.05) is 30.9 Å². The van der Waals surface area contributed by atoms with E-state index in [0.29, 0.717) is 37.3 Å². The zero-order valence-corrected chi connectivity index (χ0v) is 19.8. The van der Waals surface area contributed by atoms with Crippen molar-refractivity contribution in [1.29, 1.82) is 10.7 Å². The van der Waals surface area contributed by atoms with Gasteiger partial charge in [-0.3, -0.25) is 15.0 Å². The molecule has 1 atom stereocenters. The van der Waals surface area contributed by atoms with Crippen molar-refractivity contribution in [3.05, 3.63) is 41.2 Å². The van der Waals surface area contributed by atoms with E-state index in [9.17, 15) is 19.6 Å². The van der Waals surface area contributed by atoms with E-state index < -0.39 is 12.0 Å². The maximum Gasteiger partial charge on any atom is 0.352 e. The summed E-state index contributed by atoms with van der Waals surface area (Å²) in [5.41, 5.74) is 6.14. The van der Waals surface area contributed by atoms with Gasteiger partial charge in [-0.25, -0.2) is 4.79 Å². The highest BCUT2D eigenvalue weighted by atomic mass is 16.5. The Morgan fingerprint density at radius 2 is 1.94 bits per heavy atom. The van der Waals surface area contributed by atoms with E-state index in [1.54, 1.807) is 34.1 Å². The summed E-state index contributed by atoms with van der Waals surface area (Å²) >= 11 is 0. The number of anilines is 1. The van der Waals surface area contributed by atoms with E-state index in [4.69, 9.17) is 15.9 Å². The van der Waals surface area contributed by atoms with Crippen LogP contribution in [0.3, 0.4) is 0 Å². The highest BCUT2D eigenvalue weighted by molar-refractivity contribution is 5.96. The van der Waals surface area contributed by atoms with E-state index >= 15 is 0 Å². The van der Waals surface area contributed by atoms with Crippen molar-refractivity contribution in [3.63, 3.8) is 0 Å². The maximum atomic E-state index is 13.4. The lowest BCUT2D eigenvalue weighted by atomic mass is 10.1. The van der Waals surface area contributed by atoms with Crippen LogP contribution in [-0.2, 0) is 19.1 Å². The molecule has 2 saturated heterocycles. The normalized spacial score (nSPS) is 18.7. The van der Waals surface area contributed by atoms with Crippen LogP contribution < -0.4 is 16.4 Å². The van der Waals surface area contributed by atoms with Crippen molar-refractivity contribution in [2.75, 3.05) is 38.6 Å². The van der Waals surface area contributed by atoms with E-state index in [-0.39, 0.29) is 35.6 Å². The number of esters is 1. The Labute approximate surface area is 204 Å². The summed E-state index contributed by atoms with van der Waals surface area (Å²) in [5.74, 6) is -1.34. The zero-order chi connectivity index (χ0) is 25.4. The predicted octanol–water partition coefficient (Wildman–Crippen LogP) is 0.884. The number of amides is 2. The van der Waals surface area contributed by atoms with Crippen LogP contribution in [0, 0.1) is 16.7 Å². The van der Waals surface area contributed by atoms with Crippen LogP contribution in [-0.4, -0.2) is 72.7 Å². The quantitative estimate of drug-likeness (QED) is 0.140. The van der Waals surface area contributed by atoms with E-state index in [1.165, 1.54) is 0 Å². The number of nitrogens with two attached hydrogens (primary N) is 1. The van der Waals surface area contributed by atoms with E-state index in [1.807, 2.05) is 6.07 Å². The number of hydrogen-bond acceptors (Lipinski definition) is 8. The molecular weight excluding hydrogens is 450 g/mol. The molecule has 0 radical (unpaired) electrons. The summed E-state index contributed by atoms with van der Waals surface area (Å²) in [5, 5.41) is 23.3. The molecule has 1 aromatic rings. The minimum absolute atomic E-state index is 0.00567. The molecule has 2 fully saturated rings. The Bertz CT molecular complexity index is 1060. The number of likely N-dealkylation sites (tertiary alicyclic amines) is 2. The molecule has 0 aromatic heterocycles. The van der Waals surface area contributed by atoms with Crippen LogP contribution >= 0.6 is 0 Å². The van der Waals surface area contributed by atoms with Gasteiger partial charge in [0.25, 0.3) is 0 Å². The number of amidine groups is 1. The van der Waals surface area contributed by atoms with Crippen molar-refractivity contribution < 1.29 is 19.1 Å². The number of nitrogen functional groups attached to an aromatic ring is 1. The molecule has 11 nitrogen and oxygen atoms in total. The molecule has 2 aliphatic rings. The summed E-state index contributed by atoms with van der Waals surface area (Å²) in [7, 11) is 1.16. The molecule has 2 heterocycles. The Balaban J connectivity index is 1.85. The lowest BCUT2D eigenvalue weighted by Gasteiger charge is -2.28. The molecule has 3 rings (SSSR count). The van der Waals surface area contributed by atoms with E-state index in [0.717, 1.165) is 32.8 Å². The molecule has 35 heavy (non-hydrogen) atoms. The molecule has 1 aromatic carbocycles. The van der Waals surface area contributed by atoms with Gasteiger partial charge in [-0.1, -0.05) is 12.1 Å². The first-order chi connectivity index (χ1) is 16.8. The number of nitriles is 1. The second-order valence-corrected chi connectivity index (χ2v) is 8.51. The Kier molecular flexibility index (Phi) is 8.67. The number of benzene rings is 1. The van der Waals surface area contributed by atoms with Gasteiger partial charge in [0.1, 0.15) is 23.8 Å². The van der Waals surface area contributed by atoms with Gasteiger partial charge in [-0.15, -0.1) is 0 Å². The molecule has 5 N–H and O–H groups in total. The van der Waals surface area contributed by atoms with Crippen LogP contribution in [0.2, 0.25) is 0 Å². The summed E-state index contributed by atoms with van der Waals surface area (Å²) in [6.07, 6.45) is 3.88. The number of nitrogens with one attached hydrogen (secondary N) is 3. The average Bonchev–Trinajstić information content (AvgIpc) is 3.34. The number of carbonyl (C=O) groups excluding carboxylic acids is 3. The predicted molar refractivity (Wildman–Crippen MR) is 129 cm³/mol. The van der Waals surface area contributed by atoms with Gasteiger partial charge in [0.15, 0.2) is 5.57 Å². The minimum Gasteiger partial charge on any atom is -0.465 e. The Morgan fingerprint density at radius 1 is 1.23 bits per heavy atom. The summed E-state index contributed by atoms with van der Waals surface area (Å²) in [4.78, 5) is 41.7. The van der Waals surface area contributed by atoms with Crippen molar-refractivity contribution in [2.24, 2.45) is 5.73 Å². The third kappa shape index (κ3) is 6.50. The number of hydrogen-bond donors (Lipinski definition) is 4. The Hall–Kier alpha value is -4.07. The topological polar surface area (TPSA) is 165 Å². The molecular formula is C24H31N7O4. The molecule has 186 valence electrons. The van der Waals surface area contributed by atoms with Gasteiger partial charge < -0.3 is 30.9 Å². The highest BCUT2D eigenvalue weighted by Gasteiger charge is 2.31. The number of methoxy groups -OCH3 is 1. The number of carbonyl (C=O) groups is 3. The molecule has 2 aliphatic heterocycles. The maximum absolute atomic E-state index is 13.4. The number of ether oxygens (including phenoxy) is 1. The molecule has 0 spiro atoms. The fraction of sp³-hybridized carbons (Fsp3) is 0.458. The highest BCUT2D eigenvalue weighted by Crippen LogP contribution is 2.19. The van der Waals surface area contributed by atoms with Crippen LogP contribution in [0.1, 0.15) is 37.7 Å². The fourth-order valence-electron chi connectivity index (χ4n) is 4.19. The SMILES string of the molecule is COC(=O)/C(C#N)=C(\Nc1cccc(C(=N)N)c1)N[C@H]1CCCCN(CC(=O)N2CCCC2)C1=O. The van der Waals surface area contributed by atoms with Crippen molar-refractivity contribution in [1.82, 2.24) is 15.1 Å². The number of rotatable bonds is 8. The minimum atomic E-state index is -0.868. The van der Waals surface area contributed by atoms with E-state index in [2.05, 4.69) is 10.6 Å². The second kappa shape index (κ2) is 11.9. The molecule has 2 amide bonds. The van der Waals surface area contributed by atoms with Crippen molar-refractivity contribution in [2.45, 2.75) is 38.1 Å². The largest absolute Gasteiger partial charge is 0.465 e. The third-order valence-electron chi connectivity index (χ3n) is 6.08. The first-order valence-electron chi connectivity index (χ1n) is 11.6. The van der Waals surface area contributed by atoms with Gasteiger partial charge in [0.05, 0.1) is 13.7 Å². The zero-order valence-electron chi connectivity index (χ0n) is 19.8. The second-order valence-electron chi connectivity index (χ2n) is 8.51. The standard InChI is InChI=1S/C24H31N7O4/c1-35-24(34)18(14-25)22(28-17-8-6-7-16(13-17)21(26)27)29-19-9-2-3-12-31(23(19)33)15-20(32)30-10-4-5-11-30/h6-8,13,19,28-29H,2-5,9-12,15H2,1H3,(H3,26,27)/b22-18+/t19-/m0/s1. The Morgan fingerprint density at radius 3 is 2.60 bits per heavy atom. The summed E-state index contributed by atoms with van der Waals surface area (Å²) in [6, 6.07) is 7.67. The average molecular weight is 482 g/mol. The first kappa shape index (κ1) is 25.6. The van der Waals surface area contributed by atoms with Gasteiger partial charge in [0.2, 0.25) is 11.8 Å². The molecule has 0 saturated carbocycles. The lowest BCUT2D eigenvalue weighted by Crippen LogP contribution is -2.49. The third-order valence-corrected chi connectivity index (χ3v) is 6.08. The van der Waals surface area contributed by atoms with Crippen LogP contribution in [0.5, 0.6) is 0 Å². The van der Waals surface area contributed by atoms with Crippen LogP contribution in [0.25, 0.3) is 0 Å². The number of nitrogens with zero attached hydrogens (tertiary/aromatic N) is 3. The van der Waals surface area contributed by atoms with Crippen LogP contribution in [0.15, 0.2) is 35.7 Å². The summed E-state index contributed by atoms with van der Waals surface area (Å²) < 4.78 is 4.76. The van der Waals surface area contributed by atoms with Crippen LogP contribution in [0.4, 0.5) is 5.69 Å². The van der Waals surface area contributed by atoms with Crippen molar-refractivity contribution in [3.8, 4) is 6.07 Å². The van der Waals surface area contributed by atoms with Gasteiger partial charge in [-0.2, -0.15) is 5.26 Å².